The van der Waals surface area contributed by atoms with Gasteiger partial charge in [-0.3, -0.25) is 10.1 Å². The van der Waals surface area contributed by atoms with Crippen molar-refractivity contribution in [1.29, 1.82) is 0 Å². The van der Waals surface area contributed by atoms with Crippen molar-refractivity contribution in [3.8, 4) is 5.75 Å². The van der Waals surface area contributed by atoms with Crippen molar-refractivity contribution in [3.63, 3.8) is 0 Å². The minimum atomic E-state index is -0.436. The number of nitro benzene ring substituents is 1. The molecule has 1 fully saturated rings. The highest BCUT2D eigenvalue weighted by molar-refractivity contribution is 5.44. The van der Waals surface area contributed by atoms with Crippen molar-refractivity contribution in [1.82, 2.24) is 0 Å². The van der Waals surface area contributed by atoms with E-state index in [9.17, 15) is 10.1 Å². The zero-order valence-electron chi connectivity index (χ0n) is 12.9. The van der Waals surface area contributed by atoms with Gasteiger partial charge in [0.15, 0.2) is 0 Å². The van der Waals surface area contributed by atoms with E-state index in [1.807, 2.05) is 27.7 Å². The second-order valence-corrected chi connectivity index (χ2v) is 6.53. The van der Waals surface area contributed by atoms with Gasteiger partial charge < -0.3 is 15.2 Å². The number of ether oxygens (including phenoxy) is 2. The van der Waals surface area contributed by atoms with Gasteiger partial charge in [0.2, 0.25) is 0 Å². The van der Waals surface area contributed by atoms with Crippen LogP contribution in [0.25, 0.3) is 0 Å². The number of hydrogen-bond acceptors (Lipinski definition) is 5. The number of benzene rings is 1. The molecule has 6 nitrogen and oxygen atoms in total. The summed E-state index contributed by atoms with van der Waals surface area (Å²) >= 11 is 0. The lowest BCUT2D eigenvalue weighted by Gasteiger charge is -2.28. The van der Waals surface area contributed by atoms with E-state index in [-0.39, 0.29) is 23.9 Å². The number of nitrogens with zero attached hydrogens (tertiary/aromatic N) is 1. The first-order valence-electron chi connectivity index (χ1n) is 6.99. The second kappa shape index (κ2) is 5.27. The fraction of sp³-hybridized carbons (Fsp3) is 0.600. The predicted molar refractivity (Wildman–Crippen MR) is 79.3 cm³/mol. The molecule has 21 heavy (non-hydrogen) atoms. The topological polar surface area (TPSA) is 87.6 Å². The van der Waals surface area contributed by atoms with Crippen LogP contribution in [0.5, 0.6) is 5.75 Å². The highest BCUT2D eigenvalue weighted by Crippen LogP contribution is 2.40. The Kier molecular flexibility index (Phi) is 3.95. The molecule has 1 atom stereocenters. The van der Waals surface area contributed by atoms with E-state index in [1.54, 1.807) is 6.07 Å². The zero-order valence-corrected chi connectivity index (χ0v) is 12.9. The van der Waals surface area contributed by atoms with Crippen molar-refractivity contribution in [3.05, 3.63) is 33.9 Å². The predicted octanol–water partition coefficient (Wildman–Crippen LogP) is 2.78. The molecular formula is C15H22N2O4. The Morgan fingerprint density at radius 1 is 1.43 bits per heavy atom. The first-order valence-corrected chi connectivity index (χ1v) is 6.99. The number of non-ortho nitro benzene ring substituents is 1. The molecule has 0 bridgehead atoms. The molecule has 0 saturated carbocycles. The minimum Gasteiger partial charge on any atom is -0.487 e. The van der Waals surface area contributed by atoms with Gasteiger partial charge in [-0.1, -0.05) is 0 Å². The van der Waals surface area contributed by atoms with Gasteiger partial charge in [-0.05, 0) is 33.8 Å². The maximum Gasteiger partial charge on any atom is 0.270 e. The molecule has 1 aliphatic heterocycles. The molecule has 1 aromatic rings. The van der Waals surface area contributed by atoms with E-state index in [2.05, 4.69) is 0 Å². The summed E-state index contributed by atoms with van der Waals surface area (Å²) in [6.07, 6.45) is 0.625. The summed E-state index contributed by atoms with van der Waals surface area (Å²) in [4.78, 5) is 10.4. The number of rotatable bonds is 4. The largest absolute Gasteiger partial charge is 0.487 e. The van der Waals surface area contributed by atoms with Crippen LogP contribution in [0.15, 0.2) is 18.2 Å². The molecule has 1 aliphatic rings. The van der Waals surface area contributed by atoms with Gasteiger partial charge >= 0.3 is 0 Å². The Morgan fingerprint density at radius 3 is 2.57 bits per heavy atom. The Morgan fingerprint density at radius 2 is 2.10 bits per heavy atom. The Balaban J connectivity index is 2.25. The molecule has 1 aromatic carbocycles. The van der Waals surface area contributed by atoms with E-state index in [1.165, 1.54) is 12.1 Å². The molecule has 116 valence electrons. The molecule has 0 radical (unpaired) electrons. The van der Waals surface area contributed by atoms with E-state index in [0.717, 1.165) is 6.42 Å². The summed E-state index contributed by atoms with van der Waals surface area (Å²) in [5, 5.41) is 10.8. The first-order chi connectivity index (χ1) is 9.64. The van der Waals surface area contributed by atoms with Crippen molar-refractivity contribution >= 4 is 5.69 Å². The number of nitrogens with two attached hydrogens (primary N) is 1. The highest BCUT2D eigenvalue weighted by atomic mass is 16.6. The molecule has 0 aliphatic carbocycles. The molecule has 2 N–H and O–H groups in total. The number of hydrogen-bond donors (Lipinski definition) is 1. The van der Waals surface area contributed by atoms with Crippen molar-refractivity contribution in [2.24, 2.45) is 5.73 Å². The average molecular weight is 294 g/mol. The lowest BCUT2D eigenvalue weighted by molar-refractivity contribution is -0.384. The van der Waals surface area contributed by atoms with Gasteiger partial charge in [-0.2, -0.15) is 0 Å². The second-order valence-electron chi connectivity index (χ2n) is 6.53. The van der Waals surface area contributed by atoms with Crippen LogP contribution in [0, 0.1) is 10.1 Å². The molecule has 0 spiro atoms. The van der Waals surface area contributed by atoms with Crippen LogP contribution in [-0.2, 0) is 11.3 Å². The van der Waals surface area contributed by atoms with Crippen LogP contribution < -0.4 is 10.5 Å². The maximum atomic E-state index is 10.8. The molecule has 6 heteroatoms. The van der Waals surface area contributed by atoms with Crippen molar-refractivity contribution in [2.75, 3.05) is 0 Å². The van der Waals surface area contributed by atoms with E-state index in [4.69, 9.17) is 15.2 Å². The quantitative estimate of drug-likeness (QED) is 0.681. The van der Waals surface area contributed by atoms with Gasteiger partial charge in [0.05, 0.1) is 10.5 Å². The lowest BCUT2D eigenvalue weighted by Crippen LogP contribution is -2.37. The van der Waals surface area contributed by atoms with Crippen LogP contribution in [0.2, 0.25) is 0 Å². The third-order valence-corrected chi connectivity index (χ3v) is 3.74. The molecule has 1 saturated heterocycles. The Hall–Kier alpha value is -1.66. The van der Waals surface area contributed by atoms with Crippen LogP contribution in [-0.4, -0.2) is 22.2 Å². The SMILES string of the molecule is CC1(C)CC(Oc2ccc([N+](=O)[O-])cc2CN)C(C)(C)O1. The lowest BCUT2D eigenvalue weighted by atomic mass is 9.97. The van der Waals surface area contributed by atoms with Crippen molar-refractivity contribution < 1.29 is 14.4 Å². The summed E-state index contributed by atoms with van der Waals surface area (Å²) in [5.74, 6) is 0.586. The van der Waals surface area contributed by atoms with Gasteiger partial charge in [0.1, 0.15) is 17.5 Å². The van der Waals surface area contributed by atoms with Crippen LogP contribution in [0.3, 0.4) is 0 Å². The van der Waals surface area contributed by atoms with E-state index < -0.39 is 10.5 Å². The molecule has 1 heterocycles. The van der Waals surface area contributed by atoms with Gasteiger partial charge in [-0.15, -0.1) is 0 Å². The summed E-state index contributed by atoms with van der Waals surface area (Å²) in [7, 11) is 0. The number of nitro groups is 1. The molecule has 1 unspecified atom stereocenters. The molecule has 0 aromatic heterocycles. The highest BCUT2D eigenvalue weighted by Gasteiger charge is 2.47. The fourth-order valence-electron chi connectivity index (χ4n) is 2.80. The average Bonchev–Trinajstić information content (AvgIpc) is 2.57. The molecule has 2 rings (SSSR count). The smallest absolute Gasteiger partial charge is 0.270 e. The normalized spacial score (nSPS) is 23.0. The van der Waals surface area contributed by atoms with Crippen LogP contribution in [0.1, 0.15) is 39.7 Å². The molecule has 0 amide bonds. The monoisotopic (exact) mass is 294 g/mol. The molecular weight excluding hydrogens is 272 g/mol. The standard InChI is InChI=1S/C15H22N2O4/c1-14(2)8-13(15(3,4)21-14)20-12-6-5-11(17(18)19)7-10(12)9-16/h5-7,13H,8-9,16H2,1-4H3. The fourth-order valence-corrected chi connectivity index (χ4v) is 2.80. The third kappa shape index (κ3) is 3.33. The minimum absolute atomic E-state index is 0.0186. The summed E-state index contributed by atoms with van der Waals surface area (Å²) in [6, 6.07) is 4.51. The summed E-state index contributed by atoms with van der Waals surface area (Å²) < 4.78 is 12.0. The third-order valence-electron chi connectivity index (χ3n) is 3.74. The van der Waals surface area contributed by atoms with Crippen molar-refractivity contribution in [2.45, 2.75) is 58.0 Å². The zero-order chi connectivity index (χ0) is 15.8. The van der Waals surface area contributed by atoms with Gasteiger partial charge in [0, 0.05) is 30.7 Å². The first kappa shape index (κ1) is 15.7. The summed E-state index contributed by atoms with van der Waals surface area (Å²) in [5.41, 5.74) is 5.66. The Labute approximate surface area is 124 Å². The van der Waals surface area contributed by atoms with Crippen LogP contribution >= 0.6 is 0 Å². The summed E-state index contributed by atoms with van der Waals surface area (Å²) in [6.45, 7) is 8.21. The van der Waals surface area contributed by atoms with E-state index in [0.29, 0.717) is 11.3 Å². The Bertz CT molecular complexity index is 555. The van der Waals surface area contributed by atoms with Crippen LogP contribution in [0.4, 0.5) is 5.69 Å². The van der Waals surface area contributed by atoms with Gasteiger partial charge in [0.25, 0.3) is 5.69 Å². The maximum absolute atomic E-state index is 10.8. The van der Waals surface area contributed by atoms with E-state index >= 15 is 0 Å². The van der Waals surface area contributed by atoms with Gasteiger partial charge in [-0.25, -0.2) is 0 Å².